The van der Waals surface area contributed by atoms with Gasteiger partial charge in [0.1, 0.15) is 0 Å². The molecular formula is C13H21BrOS. The van der Waals surface area contributed by atoms with Gasteiger partial charge < -0.3 is 4.74 Å². The molecule has 0 aliphatic carbocycles. The van der Waals surface area contributed by atoms with Crippen LogP contribution in [0.5, 0.6) is 0 Å². The predicted molar refractivity (Wildman–Crippen MR) is 75.0 cm³/mol. The summed E-state index contributed by atoms with van der Waals surface area (Å²) in [5, 5.41) is 2.09. The second kappa shape index (κ2) is 8.26. The fourth-order valence-corrected chi connectivity index (χ4v) is 2.98. The van der Waals surface area contributed by atoms with E-state index in [1.807, 2.05) is 0 Å². The van der Waals surface area contributed by atoms with E-state index in [1.54, 1.807) is 11.3 Å². The van der Waals surface area contributed by atoms with Crippen LogP contribution in [0.4, 0.5) is 0 Å². The molecule has 0 aliphatic rings. The van der Waals surface area contributed by atoms with E-state index in [1.165, 1.54) is 41.5 Å². The summed E-state index contributed by atoms with van der Waals surface area (Å²) in [5.41, 5.74) is 0. The zero-order chi connectivity index (χ0) is 11.8. The Morgan fingerprint density at radius 3 is 2.81 bits per heavy atom. The Hall–Kier alpha value is 0.140. The van der Waals surface area contributed by atoms with Gasteiger partial charge in [0.15, 0.2) is 0 Å². The zero-order valence-electron chi connectivity index (χ0n) is 10.2. The van der Waals surface area contributed by atoms with Crippen LogP contribution in [0.3, 0.4) is 0 Å². The lowest BCUT2D eigenvalue weighted by Crippen LogP contribution is -2.07. The van der Waals surface area contributed by atoms with E-state index >= 15 is 0 Å². The number of ether oxygens (including phenoxy) is 1. The van der Waals surface area contributed by atoms with E-state index < -0.39 is 0 Å². The van der Waals surface area contributed by atoms with Crippen LogP contribution in [0.15, 0.2) is 15.9 Å². The largest absolute Gasteiger partial charge is 0.373 e. The average molecular weight is 305 g/mol. The minimum atomic E-state index is 0.380. The van der Waals surface area contributed by atoms with Crippen molar-refractivity contribution in [2.24, 2.45) is 0 Å². The molecule has 3 heteroatoms. The molecule has 0 amide bonds. The molecule has 0 aliphatic heterocycles. The maximum atomic E-state index is 5.83. The molecule has 0 N–H and O–H groups in total. The van der Waals surface area contributed by atoms with Crippen LogP contribution in [-0.2, 0) is 11.3 Å². The van der Waals surface area contributed by atoms with Crippen molar-refractivity contribution in [3.63, 3.8) is 0 Å². The molecule has 0 spiro atoms. The number of unbranched alkanes of at least 4 members (excludes halogenated alkanes) is 3. The van der Waals surface area contributed by atoms with E-state index in [-0.39, 0.29) is 0 Å². The molecule has 0 aromatic carbocycles. The first-order valence-corrected chi connectivity index (χ1v) is 7.74. The molecule has 0 saturated carbocycles. The summed E-state index contributed by atoms with van der Waals surface area (Å²) in [5.74, 6) is 0. The van der Waals surface area contributed by atoms with Gasteiger partial charge in [-0.05, 0) is 40.7 Å². The summed E-state index contributed by atoms with van der Waals surface area (Å²) in [6, 6.07) is 2.08. The smallest absolute Gasteiger partial charge is 0.0824 e. The zero-order valence-corrected chi connectivity index (χ0v) is 12.6. The fourth-order valence-electron chi connectivity index (χ4n) is 1.59. The average Bonchev–Trinajstić information content (AvgIpc) is 2.67. The van der Waals surface area contributed by atoms with E-state index in [2.05, 4.69) is 41.2 Å². The highest BCUT2D eigenvalue weighted by molar-refractivity contribution is 9.10. The standard InChI is InChI=1S/C13H21BrOS/c1-3-4-5-6-7-11(2)15-10-13-12(14)8-9-16-13/h8-9,11H,3-7,10H2,1-2H3. The summed E-state index contributed by atoms with van der Waals surface area (Å²) in [7, 11) is 0. The predicted octanol–water partition coefficient (Wildman–Crippen LogP) is 5.39. The Labute approximate surface area is 111 Å². The van der Waals surface area contributed by atoms with Crippen LogP contribution in [0.1, 0.15) is 50.8 Å². The van der Waals surface area contributed by atoms with Gasteiger partial charge in [-0.15, -0.1) is 11.3 Å². The van der Waals surface area contributed by atoms with Crippen molar-refractivity contribution in [2.75, 3.05) is 0 Å². The van der Waals surface area contributed by atoms with Crippen molar-refractivity contribution in [1.29, 1.82) is 0 Å². The number of hydrogen-bond acceptors (Lipinski definition) is 2. The first-order valence-electron chi connectivity index (χ1n) is 6.07. The summed E-state index contributed by atoms with van der Waals surface area (Å²) < 4.78 is 7.00. The van der Waals surface area contributed by atoms with Gasteiger partial charge in [0.25, 0.3) is 0 Å². The third-order valence-electron chi connectivity index (χ3n) is 2.65. The van der Waals surface area contributed by atoms with E-state index in [9.17, 15) is 0 Å². The molecule has 0 bridgehead atoms. The first kappa shape index (κ1) is 14.2. The van der Waals surface area contributed by atoms with Crippen molar-refractivity contribution in [2.45, 2.75) is 58.7 Å². The lowest BCUT2D eigenvalue weighted by Gasteiger charge is -2.12. The number of hydrogen-bond donors (Lipinski definition) is 0. The maximum Gasteiger partial charge on any atom is 0.0824 e. The lowest BCUT2D eigenvalue weighted by atomic mass is 10.1. The topological polar surface area (TPSA) is 9.23 Å². The van der Waals surface area contributed by atoms with Gasteiger partial charge in [-0.25, -0.2) is 0 Å². The summed E-state index contributed by atoms with van der Waals surface area (Å²) >= 11 is 5.27. The molecule has 1 heterocycles. The van der Waals surface area contributed by atoms with E-state index in [0.29, 0.717) is 6.10 Å². The molecule has 16 heavy (non-hydrogen) atoms. The second-order valence-electron chi connectivity index (χ2n) is 4.16. The quantitative estimate of drug-likeness (QED) is 0.585. The van der Waals surface area contributed by atoms with Crippen LogP contribution < -0.4 is 0 Å². The third-order valence-corrected chi connectivity index (χ3v) is 4.55. The number of halogens is 1. The van der Waals surface area contributed by atoms with Crippen LogP contribution in [0.25, 0.3) is 0 Å². The Morgan fingerprint density at radius 2 is 2.19 bits per heavy atom. The molecular weight excluding hydrogens is 284 g/mol. The lowest BCUT2D eigenvalue weighted by molar-refractivity contribution is 0.0472. The molecule has 0 fully saturated rings. The van der Waals surface area contributed by atoms with Gasteiger partial charge in [-0.1, -0.05) is 32.6 Å². The highest BCUT2D eigenvalue weighted by Gasteiger charge is 2.05. The minimum Gasteiger partial charge on any atom is -0.373 e. The second-order valence-corrected chi connectivity index (χ2v) is 6.02. The summed E-state index contributed by atoms with van der Waals surface area (Å²) in [6.07, 6.45) is 6.85. The molecule has 1 nitrogen and oxygen atoms in total. The van der Waals surface area contributed by atoms with Crippen molar-refractivity contribution >= 4 is 27.3 Å². The van der Waals surface area contributed by atoms with Crippen molar-refractivity contribution in [1.82, 2.24) is 0 Å². The SMILES string of the molecule is CCCCCCC(C)OCc1sccc1Br. The first-order chi connectivity index (χ1) is 7.74. The van der Waals surface area contributed by atoms with Gasteiger partial charge in [0.2, 0.25) is 0 Å². The molecule has 1 aromatic heterocycles. The Balaban J connectivity index is 2.10. The normalized spacial score (nSPS) is 12.9. The van der Waals surface area contributed by atoms with Crippen molar-refractivity contribution in [3.05, 3.63) is 20.8 Å². The number of rotatable bonds is 8. The third kappa shape index (κ3) is 5.46. The van der Waals surface area contributed by atoms with Crippen LogP contribution in [0, 0.1) is 0 Å². The molecule has 1 atom stereocenters. The molecule has 1 rings (SSSR count). The Bertz CT molecular complexity index is 285. The highest BCUT2D eigenvalue weighted by Crippen LogP contribution is 2.24. The van der Waals surface area contributed by atoms with Gasteiger partial charge in [-0.3, -0.25) is 0 Å². The Morgan fingerprint density at radius 1 is 1.38 bits per heavy atom. The monoisotopic (exact) mass is 304 g/mol. The molecule has 1 unspecified atom stereocenters. The van der Waals surface area contributed by atoms with Crippen molar-refractivity contribution in [3.8, 4) is 0 Å². The molecule has 92 valence electrons. The van der Waals surface area contributed by atoms with Gasteiger partial charge in [-0.2, -0.15) is 0 Å². The van der Waals surface area contributed by atoms with Gasteiger partial charge in [0.05, 0.1) is 12.7 Å². The van der Waals surface area contributed by atoms with Crippen LogP contribution in [0.2, 0.25) is 0 Å². The molecule has 1 aromatic rings. The fraction of sp³-hybridized carbons (Fsp3) is 0.692. The minimum absolute atomic E-state index is 0.380. The van der Waals surface area contributed by atoms with Crippen molar-refractivity contribution < 1.29 is 4.74 Å². The summed E-state index contributed by atoms with van der Waals surface area (Å²) in [4.78, 5) is 1.29. The van der Waals surface area contributed by atoms with Crippen LogP contribution in [-0.4, -0.2) is 6.10 Å². The highest BCUT2D eigenvalue weighted by atomic mass is 79.9. The molecule has 0 radical (unpaired) electrons. The van der Waals surface area contributed by atoms with E-state index in [4.69, 9.17) is 4.74 Å². The van der Waals surface area contributed by atoms with Gasteiger partial charge >= 0.3 is 0 Å². The van der Waals surface area contributed by atoms with E-state index in [0.717, 1.165) is 6.61 Å². The maximum absolute atomic E-state index is 5.83. The Kier molecular flexibility index (Phi) is 7.33. The summed E-state index contributed by atoms with van der Waals surface area (Å²) in [6.45, 7) is 5.16. The van der Waals surface area contributed by atoms with Crippen LogP contribution >= 0.6 is 27.3 Å². The number of thiophene rings is 1. The van der Waals surface area contributed by atoms with Gasteiger partial charge in [0, 0.05) is 9.35 Å². The molecule has 0 saturated heterocycles.